The molecule has 0 radical (unpaired) electrons. The van der Waals surface area contributed by atoms with E-state index in [4.69, 9.17) is 30.0 Å². The fourth-order valence-corrected chi connectivity index (χ4v) is 7.77. The molecule has 0 spiro atoms. The van der Waals surface area contributed by atoms with Gasteiger partial charge < -0.3 is 14.2 Å². The Morgan fingerprint density at radius 2 is 1.37 bits per heavy atom. The molecule has 0 amide bonds. The summed E-state index contributed by atoms with van der Waals surface area (Å²) in [5.41, 5.74) is 1.97. The molecule has 4 atom stereocenters. The summed E-state index contributed by atoms with van der Waals surface area (Å²) in [7, 11) is -4.57. The van der Waals surface area contributed by atoms with Crippen molar-refractivity contribution in [1.82, 2.24) is 28.5 Å². The van der Waals surface area contributed by atoms with E-state index in [1.54, 1.807) is 30.3 Å². The number of rotatable bonds is 12. The van der Waals surface area contributed by atoms with Gasteiger partial charge in [-0.25, -0.2) is 32.9 Å². The van der Waals surface area contributed by atoms with Crippen molar-refractivity contribution in [1.29, 1.82) is 0 Å². The molecule has 0 aliphatic carbocycles. The van der Waals surface area contributed by atoms with E-state index in [0.29, 0.717) is 0 Å². The lowest BCUT2D eigenvalue weighted by Gasteiger charge is -2.37. The van der Waals surface area contributed by atoms with Crippen LogP contribution in [-0.4, -0.2) is 67.8 Å². The second-order valence-electron chi connectivity index (χ2n) is 12.3. The van der Waals surface area contributed by atoms with Gasteiger partial charge in [0.1, 0.15) is 29.9 Å². The number of benzene rings is 4. The molecule has 1 unspecified atom stereocenters. The molecule has 1 aliphatic rings. The summed E-state index contributed by atoms with van der Waals surface area (Å²) in [6.07, 6.45) is 0.983. The molecule has 7 aromatic rings. The summed E-state index contributed by atoms with van der Waals surface area (Å²) in [6.45, 7) is -0.213. The van der Waals surface area contributed by atoms with Gasteiger partial charge in [-0.2, -0.15) is 8.42 Å². The zero-order chi connectivity index (χ0) is 37.1. The van der Waals surface area contributed by atoms with Crippen LogP contribution in [-0.2, 0) is 34.3 Å². The molecule has 4 heterocycles. The van der Waals surface area contributed by atoms with Gasteiger partial charge in [0, 0.05) is 12.4 Å². The van der Waals surface area contributed by atoms with Crippen LogP contribution in [0.5, 0.6) is 0 Å². The Morgan fingerprint density at radius 3 is 1.94 bits per heavy atom. The predicted molar refractivity (Wildman–Crippen MR) is 196 cm³/mol. The molecule has 15 heteroatoms. The largest absolute Gasteiger partial charge is 0.453 e. The number of fused-ring (bicyclic) bond motifs is 1. The van der Waals surface area contributed by atoms with E-state index < -0.39 is 46.4 Å². The highest BCUT2D eigenvalue weighted by Crippen LogP contribution is 2.43. The SMILES string of the molecule is O=C(O[C@@H]1[C@@H](COC(c2ccccc2)(c2ccccc2)c2ccccc2)OC(n2cnc3c(Cl)ncnc32)[C@@H]1OS(=O)(=O)n1ccnc1)c1ccccc1. The molecular weight excluding hydrogens is 732 g/mol. The van der Waals surface area contributed by atoms with Crippen LogP contribution in [0.25, 0.3) is 11.2 Å². The molecule has 54 heavy (non-hydrogen) atoms. The first-order valence-electron chi connectivity index (χ1n) is 16.8. The maximum Gasteiger partial charge on any atom is 0.367 e. The Bertz CT molecular complexity index is 2360. The fraction of sp³-hybridized carbons (Fsp3) is 0.154. The zero-order valence-electron chi connectivity index (χ0n) is 28.3. The fourth-order valence-electron chi connectivity index (χ4n) is 6.63. The summed E-state index contributed by atoms with van der Waals surface area (Å²) in [4.78, 5) is 30.4. The number of carbonyl (C=O) groups excluding carboxylic acids is 1. The Labute approximate surface area is 315 Å². The molecule has 4 aromatic carbocycles. The Morgan fingerprint density at radius 1 is 0.778 bits per heavy atom. The maximum atomic E-state index is 13.8. The molecule has 3 aromatic heterocycles. The third kappa shape index (κ3) is 6.65. The van der Waals surface area contributed by atoms with Crippen LogP contribution in [0.15, 0.2) is 153 Å². The van der Waals surface area contributed by atoms with Gasteiger partial charge in [0.05, 0.1) is 18.5 Å². The molecule has 0 N–H and O–H groups in total. The number of hydrogen-bond acceptors (Lipinski definition) is 11. The van der Waals surface area contributed by atoms with Gasteiger partial charge in [0.25, 0.3) is 0 Å². The number of halogens is 1. The number of hydrogen-bond donors (Lipinski definition) is 0. The number of imidazole rings is 2. The van der Waals surface area contributed by atoms with Crippen LogP contribution in [0.1, 0.15) is 33.3 Å². The van der Waals surface area contributed by atoms with Crippen LogP contribution >= 0.6 is 11.6 Å². The van der Waals surface area contributed by atoms with E-state index in [9.17, 15) is 13.2 Å². The van der Waals surface area contributed by atoms with E-state index in [1.165, 1.54) is 29.6 Å². The quantitative estimate of drug-likeness (QED) is 0.0821. The smallest absolute Gasteiger partial charge is 0.367 e. The molecule has 0 saturated carbocycles. The summed E-state index contributed by atoms with van der Waals surface area (Å²) < 4.78 is 55.7. The highest BCUT2D eigenvalue weighted by atomic mass is 35.5. The van der Waals surface area contributed by atoms with E-state index in [1.807, 2.05) is 91.0 Å². The van der Waals surface area contributed by atoms with Gasteiger partial charge in [-0.05, 0) is 28.8 Å². The van der Waals surface area contributed by atoms with Gasteiger partial charge in [-0.1, -0.05) is 121 Å². The Balaban J connectivity index is 1.26. The Hall–Kier alpha value is -5.77. The van der Waals surface area contributed by atoms with E-state index >= 15 is 0 Å². The Kier molecular flexibility index (Phi) is 9.75. The molecule has 1 saturated heterocycles. The monoisotopic (exact) mass is 762 g/mol. The van der Waals surface area contributed by atoms with Crippen LogP contribution in [0.3, 0.4) is 0 Å². The second kappa shape index (κ2) is 14.9. The van der Waals surface area contributed by atoms with E-state index in [2.05, 4.69) is 19.9 Å². The van der Waals surface area contributed by atoms with Crippen LogP contribution in [0.4, 0.5) is 0 Å². The standard InChI is InChI=1S/C39H31ClN6O7S/c40-35-32-36(43-24-42-35)46(26-44-32)37-34(53-54(48,49)45-22-21-41-25-45)33(52-38(47)27-13-5-1-6-14-27)31(51-37)23-50-39(28-15-7-2-8-16-28,29-17-9-3-10-18-29)30-19-11-4-12-20-30/h1-22,24-26,31,33-34,37H,23H2/t31-,33-,34-,37?/m1/s1. The second-order valence-corrected chi connectivity index (χ2v) is 14.1. The molecule has 13 nitrogen and oxygen atoms in total. The number of nitrogens with zero attached hydrogens (tertiary/aromatic N) is 6. The van der Waals surface area contributed by atoms with Crippen molar-refractivity contribution in [3.63, 3.8) is 0 Å². The van der Waals surface area contributed by atoms with Crippen LogP contribution in [0.2, 0.25) is 5.15 Å². The van der Waals surface area contributed by atoms with Crippen LogP contribution in [0, 0.1) is 0 Å². The molecule has 8 rings (SSSR count). The van der Waals surface area contributed by atoms with Gasteiger partial charge >= 0.3 is 16.3 Å². The lowest BCUT2D eigenvalue weighted by atomic mass is 9.80. The highest BCUT2D eigenvalue weighted by molar-refractivity contribution is 7.85. The predicted octanol–water partition coefficient (Wildman–Crippen LogP) is 5.99. The summed E-state index contributed by atoms with van der Waals surface area (Å²) in [6, 6.07) is 37.4. The number of aromatic nitrogens is 6. The van der Waals surface area contributed by atoms with Crippen molar-refractivity contribution in [2.45, 2.75) is 30.1 Å². The summed E-state index contributed by atoms with van der Waals surface area (Å²) in [5.74, 6) is -0.732. The topological polar surface area (TPSA) is 150 Å². The van der Waals surface area contributed by atoms with Crippen molar-refractivity contribution in [3.8, 4) is 0 Å². The number of esters is 1. The lowest BCUT2D eigenvalue weighted by Crippen LogP contribution is -2.43. The first-order chi connectivity index (χ1) is 26.3. The minimum atomic E-state index is -4.57. The highest BCUT2D eigenvalue weighted by Gasteiger charge is 2.53. The first kappa shape index (κ1) is 35.3. The normalized spacial score (nSPS) is 18.8. The summed E-state index contributed by atoms with van der Waals surface area (Å²) in [5, 5.41) is 0.0746. The van der Waals surface area contributed by atoms with Crippen molar-refractivity contribution in [2.24, 2.45) is 0 Å². The lowest BCUT2D eigenvalue weighted by molar-refractivity contribution is -0.0958. The van der Waals surface area contributed by atoms with Gasteiger partial charge in [-0.15, -0.1) is 0 Å². The van der Waals surface area contributed by atoms with E-state index in [0.717, 1.165) is 27.0 Å². The molecular formula is C39H31ClN6O7S. The van der Waals surface area contributed by atoms with Crippen LogP contribution < -0.4 is 0 Å². The number of ether oxygens (including phenoxy) is 3. The van der Waals surface area contributed by atoms with E-state index in [-0.39, 0.29) is 28.5 Å². The number of carbonyl (C=O) groups is 1. The molecule has 0 bridgehead atoms. The first-order valence-corrected chi connectivity index (χ1v) is 18.6. The average molecular weight is 763 g/mol. The van der Waals surface area contributed by atoms with Gasteiger partial charge in [-0.3, -0.25) is 4.57 Å². The average Bonchev–Trinajstić information content (AvgIpc) is 3.98. The van der Waals surface area contributed by atoms with Gasteiger partial charge in [0.15, 0.2) is 29.2 Å². The molecule has 1 aliphatic heterocycles. The minimum Gasteiger partial charge on any atom is -0.453 e. The zero-order valence-corrected chi connectivity index (χ0v) is 29.8. The molecule has 272 valence electrons. The minimum absolute atomic E-state index is 0.0746. The molecule has 1 fully saturated rings. The van der Waals surface area contributed by atoms with Crippen molar-refractivity contribution >= 4 is 39.0 Å². The summed E-state index contributed by atoms with van der Waals surface area (Å²) >= 11 is 6.36. The van der Waals surface area contributed by atoms with Crippen molar-refractivity contribution in [3.05, 3.63) is 180 Å². The third-order valence-corrected chi connectivity index (χ3v) is 10.6. The van der Waals surface area contributed by atoms with Gasteiger partial charge in [0.2, 0.25) is 0 Å². The third-order valence-electron chi connectivity index (χ3n) is 9.10. The van der Waals surface area contributed by atoms with Crippen molar-refractivity contribution < 1.29 is 31.6 Å². The maximum absolute atomic E-state index is 13.8. The van der Waals surface area contributed by atoms with Crippen molar-refractivity contribution in [2.75, 3.05) is 6.61 Å².